The van der Waals surface area contributed by atoms with E-state index in [9.17, 15) is 28.2 Å². The molecule has 2 atom stereocenters. The minimum Gasteiger partial charge on any atom is -0.481 e. The first kappa shape index (κ1) is 32.5. The summed E-state index contributed by atoms with van der Waals surface area (Å²) in [4.78, 5) is 29.3. The van der Waals surface area contributed by atoms with Crippen molar-refractivity contribution in [1.82, 2.24) is 10.3 Å². The van der Waals surface area contributed by atoms with Crippen LogP contribution >= 0.6 is 0 Å². The van der Waals surface area contributed by atoms with Gasteiger partial charge in [0.2, 0.25) is 0 Å². The second kappa shape index (κ2) is 14.5. The molecule has 0 aliphatic carbocycles. The van der Waals surface area contributed by atoms with E-state index in [0.29, 0.717) is 5.39 Å². The van der Waals surface area contributed by atoms with Crippen LogP contribution in [-0.2, 0) is 29.4 Å². The highest BCUT2D eigenvalue weighted by Gasteiger charge is 2.41. The molecule has 0 spiro atoms. The number of fused-ring (bicyclic) bond motifs is 1. The van der Waals surface area contributed by atoms with E-state index in [1.54, 1.807) is 24.3 Å². The molecule has 4 aromatic carbocycles. The molecule has 1 heterocycles. The number of pyridine rings is 1. The maximum atomic E-state index is 13.0. The first-order chi connectivity index (χ1) is 22.2. The summed E-state index contributed by atoms with van der Waals surface area (Å²) in [6, 6.07) is 35.2. The molecule has 5 aromatic rings. The number of carbonyl (C=O) groups is 2. The molecule has 0 bridgehead atoms. The molecule has 5 rings (SSSR count). The zero-order valence-corrected chi connectivity index (χ0v) is 25.7. The highest BCUT2D eigenvalue weighted by Crippen LogP contribution is 2.38. The van der Waals surface area contributed by atoms with Gasteiger partial charge >= 0.3 is 11.9 Å². The SMILES string of the molecule is O=C(O)[C@@H](CCCOS(=O)(=O)c1cccc2cccnc12)C[C@H](NC(c1ccccc1)(c1ccccc1)c1ccccc1)C(=O)O. The van der Waals surface area contributed by atoms with Crippen LogP contribution in [0.3, 0.4) is 0 Å². The number of nitrogens with one attached hydrogen (secondary N) is 1. The summed E-state index contributed by atoms with van der Waals surface area (Å²) in [5, 5.41) is 24.6. The summed E-state index contributed by atoms with van der Waals surface area (Å²) in [5.41, 5.74) is 1.51. The van der Waals surface area contributed by atoms with Crippen LogP contribution in [-0.4, -0.2) is 48.2 Å². The topological polar surface area (TPSA) is 143 Å². The Morgan fingerprint density at radius 1 is 0.739 bits per heavy atom. The summed E-state index contributed by atoms with van der Waals surface area (Å²) in [5.74, 6) is -3.49. The molecule has 3 N–H and O–H groups in total. The summed E-state index contributed by atoms with van der Waals surface area (Å²) >= 11 is 0. The Bertz CT molecular complexity index is 1780. The van der Waals surface area contributed by atoms with Crippen molar-refractivity contribution in [3.8, 4) is 0 Å². The normalized spacial score (nSPS) is 13.2. The van der Waals surface area contributed by atoms with Crippen LogP contribution in [0.25, 0.3) is 10.9 Å². The van der Waals surface area contributed by atoms with E-state index in [4.69, 9.17) is 4.18 Å². The fourth-order valence-corrected chi connectivity index (χ4v) is 6.88. The molecule has 0 amide bonds. The first-order valence-electron chi connectivity index (χ1n) is 14.9. The molecule has 46 heavy (non-hydrogen) atoms. The van der Waals surface area contributed by atoms with Gasteiger partial charge in [-0.15, -0.1) is 0 Å². The average molecular weight is 639 g/mol. The Labute approximate surface area is 267 Å². The standard InChI is InChI=1S/C36H34N2O7S/c39-34(40)27(15-12-24-45-46(43,44)32-22-10-13-26-14-11-23-37-33(26)32)25-31(35(41)42)38-36(28-16-4-1-5-17-28,29-18-6-2-7-19-29)30-20-8-3-9-21-30/h1-11,13-14,16-23,27,31,38H,12,15,24-25H2,(H,39,40)(H,41,42)/t27-,31-/m0/s1. The summed E-state index contributed by atoms with van der Waals surface area (Å²) in [6.07, 6.45) is 1.31. The van der Waals surface area contributed by atoms with Gasteiger partial charge in [0.05, 0.1) is 23.6 Å². The zero-order chi connectivity index (χ0) is 32.6. The average Bonchev–Trinajstić information content (AvgIpc) is 3.08. The third-order valence-electron chi connectivity index (χ3n) is 7.98. The number of carboxylic acids is 2. The molecular weight excluding hydrogens is 604 g/mol. The van der Waals surface area contributed by atoms with Crippen LogP contribution in [0.5, 0.6) is 0 Å². The van der Waals surface area contributed by atoms with E-state index in [1.165, 1.54) is 12.3 Å². The predicted octanol–water partition coefficient (Wildman–Crippen LogP) is 5.85. The molecule has 0 saturated carbocycles. The van der Waals surface area contributed by atoms with Crippen LogP contribution in [0.15, 0.2) is 132 Å². The lowest BCUT2D eigenvalue weighted by molar-refractivity contribution is -0.144. The maximum Gasteiger partial charge on any atom is 0.320 e. The van der Waals surface area contributed by atoms with Crippen molar-refractivity contribution in [2.75, 3.05) is 6.61 Å². The van der Waals surface area contributed by atoms with E-state index in [0.717, 1.165) is 16.7 Å². The highest BCUT2D eigenvalue weighted by atomic mass is 32.2. The predicted molar refractivity (Wildman–Crippen MR) is 174 cm³/mol. The van der Waals surface area contributed by atoms with E-state index in [1.807, 2.05) is 91.0 Å². The lowest BCUT2D eigenvalue weighted by Crippen LogP contribution is -2.53. The van der Waals surface area contributed by atoms with Crippen molar-refractivity contribution in [3.63, 3.8) is 0 Å². The zero-order valence-electron chi connectivity index (χ0n) is 24.9. The van der Waals surface area contributed by atoms with Crippen LogP contribution < -0.4 is 5.32 Å². The van der Waals surface area contributed by atoms with Gasteiger partial charge in [-0.05, 0) is 48.1 Å². The van der Waals surface area contributed by atoms with Gasteiger partial charge in [0, 0.05) is 11.6 Å². The van der Waals surface area contributed by atoms with E-state index < -0.39 is 39.6 Å². The van der Waals surface area contributed by atoms with Gasteiger partial charge in [-0.1, -0.05) is 109 Å². The van der Waals surface area contributed by atoms with Crippen molar-refractivity contribution < 1.29 is 32.4 Å². The first-order valence-corrected chi connectivity index (χ1v) is 16.3. The molecule has 236 valence electrons. The molecule has 0 unspecified atom stereocenters. The Kier molecular flexibility index (Phi) is 10.2. The number of aliphatic carboxylic acids is 2. The number of carboxylic acid groups (broad SMARTS) is 2. The maximum absolute atomic E-state index is 13.0. The van der Waals surface area contributed by atoms with E-state index in [2.05, 4.69) is 10.3 Å². The molecule has 10 heteroatoms. The fourth-order valence-electron chi connectivity index (χ4n) is 5.76. The quantitative estimate of drug-likeness (QED) is 0.0731. The molecular formula is C36H34N2O7S. The Morgan fingerprint density at radius 2 is 1.28 bits per heavy atom. The van der Waals surface area contributed by atoms with Crippen molar-refractivity contribution in [2.45, 2.75) is 35.7 Å². The van der Waals surface area contributed by atoms with Gasteiger partial charge in [-0.2, -0.15) is 8.42 Å². The molecule has 0 radical (unpaired) electrons. The number of para-hydroxylation sites is 1. The minimum atomic E-state index is -4.17. The van der Waals surface area contributed by atoms with Crippen molar-refractivity contribution >= 4 is 33.0 Å². The van der Waals surface area contributed by atoms with Crippen molar-refractivity contribution in [1.29, 1.82) is 0 Å². The Balaban J connectivity index is 1.37. The number of nitrogens with zero attached hydrogens (tertiary/aromatic N) is 1. The number of aromatic nitrogens is 1. The van der Waals surface area contributed by atoms with Crippen molar-refractivity contribution in [2.24, 2.45) is 5.92 Å². The smallest absolute Gasteiger partial charge is 0.320 e. The Morgan fingerprint density at radius 3 is 1.80 bits per heavy atom. The van der Waals surface area contributed by atoms with Gasteiger partial charge in [-0.25, -0.2) is 0 Å². The summed E-state index contributed by atoms with van der Waals surface area (Å²) < 4.78 is 31.2. The number of hydrogen-bond donors (Lipinski definition) is 3. The second-order valence-corrected chi connectivity index (χ2v) is 12.5. The molecule has 1 aromatic heterocycles. The summed E-state index contributed by atoms with van der Waals surface area (Å²) in [6.45, 7) is -0.275. The molecule has 0 saturated heterocycles. The Hall–Kier alpha value is -4.90. The monoisotopic (exact) mass is 638 g/mol. The summed E-state index contributed by atoms with van der Waals surface area (Å²) in [7, 11) is -4.17. The highest BCUT2D eigenvalue weighted by molar-refractivity contribution is 7.87. The van der Waals surface area contributed by atoms with E-state index >= 15 is 0 Å². The number of hydrogen-bond acceptors (Lipinski definition) is 7. The van der Waals surface area contributed by atoms with Crippen LogP contribution in [0.4, 0.5) is 0 Å². The van der Waals surface area contributed by atoms with E-state index in [-0.39, 0.29) is 36.3 Å². The third-order valence-corrected chi connectivity index (χ3v) is 9.32. The van der Waals surface area contributed by atoms with Crippen LogP contribution in [0, 0.1) is 5.92 Å². The molecule has 0 aliphatic heterocycles. The van der Waals surface area contributed by atoms with Crippen LogP contribution in [0.2, 0.25) is 0 Å². The number of benzene rings is 4. The molecule has 0 fully saturated rings. The van der Waals surface area contributed by atoms with Gasteiger partial charge < -0.3 is 10.2 Å². The molecule has 9 nitrogen and oxygen atoms in total. The fraction of sp³-hybridized carbons (Fsp3) is 0.194. The van der Waals surface area contributed by atoms with Gasteiger partial charge in [0.25, 0.3) is 10.1 Å². The number of rotatable bonds is 15. The van der Waals surface area contributed by atoms with Gasteiger partial charge in [-0.3, -0.25) is 24.1 Å². The molecule has 0 aliphatic rings. The minimum absolute atomic E-state index is 0.000881. The van der Waals surface area contributed by atoms with Crippen molar-refractivity contribution in [3.05, 3.63) is 144 Å². The third kappa shape index (κ3) is 7.15. The second-order valence-electron chi connectivity index (χ2n) is 10.9. The van der Waals surface area contributed by atoms with Gasteiger partial charge in [0.1, 0.15) is 10.9 Å². The van der Waals surface area contributed by atoms with Gasteiger partial charge in [0.15, 0.2) is 0 Å². The lowest BCUT2D eigenvalue weighted by Gasteiger charge is -2.39. The lowest BCUT2D eigenvalue weighted by atomic mass is 9.76. The largest absolute Gasteiger partial charge is 0.481 e. The van der Waals surface area contributed by atoms with Crippen LogP contribution in [0.1, 0.15) is 36.0 Å².